The molecule has 4 heteroatoms. The first kappa shape index (κ1) is 19.1. The number of Topliss-reactive ketones (excluding diaryl/α,β-unsaturated/α-hetero) is 1. The van der Waals surface area contributed by atoms with Crippen molar-refractivity contribution in [3.05, 3.63) is 34.9 Å². The zero-order chi connectivity index (χ0) is 18.9. The van der Waals surface area contributed by atoms with Gasteiger partial charge in [0.25, 0.3) is 0 Å². The Balaban J connectivity index is 1.99. The van der Waals surface area contributed by atoms with E-state index >= 15 is 0 Å². The topological polar surface area (TPSA) is 64.7 Å². The third-order valence-corrected chi connectivity index (χ3v) is 6.65. The van der Waals surface area contributed by atoms with Crippen LogP contribution >= 0.6 is 0 Å². The van der Waals surface area contributed by atoms with Crippen molar-refractivity contribution in [2.45, 2.75) is 64.7 Å². The van der Waals surface area contributed by atoms with E-state index in [1.54, 1.807) is 0 Å². The number of benzene rings is 1. The Morgan fingerprint density at radius 2 is 2.12 bits per heavy atom. The van der Waals surface area contributed by atoms with Gasteiger partial charge in [-0.2, -0.15) is 0 Å². The van der Waals surface area contributed by atoms with Crippen LogP contribution in [-0.2, 0) is 21.5 Å². The standard InChI is InChI=1S/C22H32N2O2/c1-15(2)16-5-7-18-17(13-16)6-8-19-21(3,14-24-26-12-11-23)10-9-20(25)22(18,19)4/h5,7,13-15,19H,6,8-12,23H2,1-4H3/b24-14+/t19?,21-,22-/m1/s1. The van der Waals surface area contributed by atoms with Gasteiger partial charge in [0, 0.05) is 24.6 Å². The van der Waals surface area contributed by atoms with Gasteiger partial charge in [-0.25, -0.2) is 0 Å². The number of carbonyl (C=O) groups is 1. The maximum Gasteiger partial charge on any atom is 0.143 e. The van der Waals surface area contributed by atoms with Crippen molar-refractivity contribution in [2.75, 3.05) is 13.2 Å². The number of nitrogens with zero attached hydrogens (tertiary/aromatic N) is 1. The Kier molecular flexibility index (Phi) is 5.25. The number of oxime groups is 1. The number of fused-ring (bicyclic) bond motifs is 3. The molecule has 0 saturated heterocycles. The van der Waals surface area contributed by atoms with Gasteiger partial charge in [-0.05, 0) is 54.7 Å². The van der Waals surface area contributed by atoms with Gasteiger partial charge >= 0.3 is 0 Å². The molecule has 0 amide bonds. The van der Waals surface area contributed by atoms with Crippen LogP contribution in [0.4, 0.5) is 0 Å². The van der Waals surface area contributed by atoms with Gasteiger partial charge in [0.2, 0.25) is 0 Å². The fourth-order valence-electron chi connectivity index (χ4n) is 5.03. The summed E-state index contributed by atoms with van der Waals surface area (Å²) in [4.78, 5) is 18.4. The van der Waals surface area contributed by atoms with E-state index in [1.807, 2.05) is 6.21 Å². The molecule has 2 N–H and O–H groups in total. The van der Waals surface area contributed by atoms with Crippen molar-refractivity contribution in [2.24, 2.45) is 22.2 Å². The molecule has 26 heavy (non-hydrogen) atoms. The molecule has 2 aliphatic rings. The van der Waals surface area contributed by atoms with Gasteiger partial charge in [-0.15, -0.1) is 0 Å². The van der Waals surface area contributed by atoms with E-state index in [2.05, 4.69) is 51.0 Å². The Morgan fingerprint density at radius 3 is 2.81 bits per heavy atom. The maximum atomic E-state index is 13.1. The number of aryl methyl sites for hydroxylation is 1. The molecular weight excluding hydrogens is 324 g/mol. The SMILES string of the molecule is CC(C)c1ccc2c(c1)CCC1[C@@](C)(/C=N/OCCN)CCC(=O)[C@]21C. The highest BCUT2D eigenvalue weighted by atomic mass is 16.6. The van der Waals surface area contributed by atoms with Crippen LogP contribution < -0.4 is 5.73 Å². The molecular formula is C22H32N2O2. The summed E-state index contributed by atoms with van der Waals surface area (Å²) in [6, 6.07) is 6.73. The van der Waals surface area contributed by atoms with Crippen LogP contribution in [0.15, 0.2) is 23.4 Å². The lowest BCUT2D eigenvalue weighted by Crippen LogP contribution is -2.55. The minimum Gasteiger partial charge on any atom is -0.395 e. The van der Waals surface area contributed by atoms with Crippen LogP contribution in [0.25, 0.3) is 0 Å². The summed E-state index contributed by atoms with van der Waals surface area (Å²) in [5.74, 6) is 1.12. The molecule has 3 atom stereocenters. The highest BCUT2D eigenvalue weighted by Gasteiger charge is 2.55. The van der Waals surface area contributed by atoms with E-state index < -0.39 is 5.41 Å². The molecule has 0 radical (unpaired) electrons. The minimum atomic E-state index is -0.435. The second kappa shape index (κ2) is 7.15. The van der Waals surface area contributed by atoms with E-state index in [0.717, 1.165) is 19.3 Å². The van der Waals surface area contributed by atoms with E-state index in [1.165, 1.54) is 16.7 Å². The highest BCUT2D eigenvalue weighted by molar-refractivity contribution is 5.93. The van der Waals surface area contributed by atoms with E-state index in [-0.39, 0.29) is 11.3 Å². The summed E-state index contributed by atoms with van der Waals surface area (Å²) in [7, 11) is 0. The number of carbonyl (C=O) groups excluding carboxylic acids is 1. The monoisotopic (exact) mass is 356 g/mol. The quantitative estimate of drug-likeness (QED) is 0.493. The molecule has 1 fully saturated rings. The van der Waals surface area contributed by atoms with Crippen LogP contribution in [0.3, 0.4) is 0 Å². The van der Waals surface area contributed by atoms with Crippen molar-refractivity contribution < 1.29 is 9.63 Å². The summed E-state index contributed by atoms with van der Waals surface area (Å²) in [6.45, 7) is 9.70. The third kappa shape index (κ3) is 3.09. The third-order valence-electron chi connectivity index (χ3n) is 6.65. The van der Waals surface area contributed by atoms with Crippen LogP contribution in [0, 0.1) is 11.3 Å². The molecule has 0 aliphatic heterocycles. The largest absolute Gasteiger partial charge is 0.395 e. The first-order chi connectivity index (χ1) is 12.3. The van der Waals surface area contributed by atoms with Crippen LogP contribution in [-0.4, -0.2) is 25.1 Å². The zero-order valence-electron chi connectivity index (χ0n) is 16.5. The molecule has 1 saturated carbocycles. The van der Waals surface area contributed by atoms with Crippen molar-refractivity contribution in [1.82, 2.24) is 0 Å². The van der Waals surface area contributed by atoms with Crippen molar-refractivity contribution >= 4 is 12.0 Å². The zero-order valence-corrected chi connectivity index (χ0v) is 16.5. The van der Waals surface area contributed by atoms with Crippen LogP contribution in [0.1, 0.15) is 69.6 Å². The number of hydrogen-bond acceptors (Lipinski definition) is 4. The number of rotatable bonds is 5. The molecule has 3 rings (SSSR count). The number of nitrogens with two attached hydrogens (primary N) is 1. The van der Waals surface area contributed by atoms with Crippen molar-refractivity contribution in [1.29, 1.82) is 0 Å². The smallest absolute Gasteiger partial charge is 0.143 e. The normalized spacial score (nSPS) is 31.2. The summed E-state index contributed by atoms with van der Waals surface area (Å²) in [6.07, 6.45) is 5.40. The molecule has 0 heterocycles. The number of ketones is 1. The second-order valence-corrected chi connectivity index (χ2v) is 8.65. The highest BCUT2D eigenvalue weighted by Crippen LogP contribution is 2.55. The molecule has 4 nitrogen and oxygen atoms in total. The van der Waals surface area contributed by atoms with Gasteiger partial charge < -0.3 is 10.6 Å². The first-order valence-electron chi connectivity index (χ1n) is 9.86. The Hall–Kier alpha value is -1.68. The van der Waals surface area contributed by atoms with E-state index in [4.69, 9.17) is 10.6 Å². The Labute approximate surface area is 157 Å². The molecule has 142 valence electrons. The predicted molar refractivity (Wildman–Crippen MR) is 106 cm³/mol. The summed E-state index contributed by atoms with van der Waals surface area (Å²) >= 11 is 0. The van der Waals surface area contributed by atoms with Crippen molar-refractivity contribution in [3.63, 3.8) is 0 Å². The Bertz CT molecular complexity index is 712. The average Bonchev–Trinajstić information content (AvgIpc) is 2.62. The maximum absolute atomic E-state index is 13.1. The first-order valence-corrected chi connectivity index (χ1v) is 9.86. The number of hydrogen-bond donors (Lipinski definition) is 1. The fourth-order valence-corrected chi connectivity index (χ4v) is 5.03. The Morgan fingerprint density at radius 1 is 1.35 bits per heavy atom. The van der Waals surface area contributed by atoms with Gasteiger partial charge in [0.1, 0.15) is 12.4 Å². The lowest BCUT2D eigenvalue weighted by molar-refractivity contribution is -0.132. The molecule has 0 spiro atoms. The van der Waals surface area contributed by atoms with Gasteiger partial charge in [-0.1, -0.05) is 44.1 Å². The second-order valence-electron chi connectivity index (χ2n) is 8.65. The molecule has 1 aromatic rings. The fraction of sp³-hybridized carbons (Fsp3) is 0.636. The lowest BCUT2D eigenvalue weighted by Gasteiger charge is -2.52. The van der Waals surface area contributed by atoms with Gasteiger partial charge in [0.05, 0.1) is 5.41 Å². The summed E-state index contributed by atoms with van der Waals surface area (Å²) in [5.41, 5.74) is 8.83. The van der Waals surface area contributed by atoms with E-state index in [0.29, 0.717) is 31.3 Å². The predicted octanol–water partition coefficient (Wildman–Crippen LogP) is 3.96. The van der Waals surface area contributed by atoms with Gasteiger partial charge in [-0.3, -0.25) is 4.79 Å². The molecule has 1 unspecified atom stereocenters. The molecule has 1 aromatic carbocycles. The lowest BCUT2D eigenvalue weighted by atomic mass is 9.49. The average molecular weight is 357 g/mol. The van der Waals surface area contributed by atoms with Crippen LogP contribution in [0.2, 0.25) is 0 Å². The van der Waals surface area contributed by atoms with E-state index in [9.17, 15) is 4.79 Å². The van der Waals surface area contributed by atoms with Gasteiger partial charge in [0.15, 0.2) is 0 Å². The summed E-state index contributed by atoms with van der Waals surface area (Å²) < 4.78 is 0. The molecule has 2 aliphatic carbocycles. The summed E-state index contributed by atoms with van der Waals surface area (Å²) in [5, 5.41) is 4.18. The van der Waals surface area contributed by atoms with Crippen molar-refractivity contribution in [3.8, 4) is 0 Å². The minimum absolute atomic E-state index is 0.133. The van der Waals surface area contributed by atoms with Crippen LogP contribution in [0.5, 0.6) is 0 Å². The molecule has 0 bridgehead atoms. The molecule has 0 aromatic heterocycles.